The molecular formula is C18H19BrN6OS2. The maximum Gasteiger partial charge on any atom is 0.228 e. The molecule has 28 heavy (non-hydrogen) atoms. The third-order valence-electron chi connectivity index (χ3n) is 4.71. The summed E-state index contributed by atoms with van der Waals surface area (Å²) < 4.78 is 3.32. The van der Waals surface area contributed by atoms with Crippen LogP contribution in [0.25, 0.3) is 10.7 Å². The number of likely N-dealkylation sites (tertiary alicyclic amines) is 1. The molecule has 10 heteroatoms. The van der Waals surface area contributed by atoms with Gasteiger partial charge in [-0.3, -0.25) is 14.8 Å². The van der Waals surface area contributed by atoms with Crippen molar-refractivity contribution in [3.8, 4) is 10.7 Å². The number of aromatic nitrogens is 4. The van der Waals surface area contributed by atoms with Gasteiger partial charge in [-0.2, -0.15) is 4.98 Å². The van der Waals surface area contributed by atoms with Gasteiger partial charge in [-0.05, 0) is 64.6 Å². The molecule has 1 aliphatic rings. The van der Waals surface area contributed by atoms with Gasteiger partial charge >= 0.3 is 0 Å². The molecule has 7 nitrogen and oxygen atoms in total. The number of amides is 1. The number of halogens is 1. The van der Waals surface area contributed by atoms with Crippen LogP contribution in [0.15, 0.2) is 40.3 Å². The van der Waals surface area contributed by atoms with Crippen molar-refractivity contribution in [1.82, 2.24) is 24.6 Å². The van der Waals surface area contributed by atoms with Crippen molar-refractivity contribution < 1.29 is 4.79 Å². The largest absolute Gasteiger partial charge is 0.310 e. The molecule has 0 saturated carbocycles. The fraction of sp³-hybridized carbons (Fsp3) is 0.333. The number of carbonyl (C=O) groups is 1. The summed E-state index contributed by atoms with van der Waals surface area (Å²) in [5.41, 5.74) is 0. The van der Waals surface area contributed by atoms with E-state index in [2.05, 4.69) is 41.2 Å². The summed E-state index contributed by atoms with van der Waals surface area (Å²) in [6.07, 6.45) is 3.29. The molecular weight excluding hydrogens is 460 g/mol. The van der Waals surface area contributed by atoms with E-state index in [0.29, 0.717) is 17.3 Å². The SMILES string of the molecule is O=C(Nc1ccc(Br)cn1)C1CCN(Cn2[nH]c(-c3cccs3)nc2=S)CC1. The van der Waals surface area contributed by atoms with E-state index < -0.39 is 0 Å². The van der Waals surface area contributed by atoms with Crippen LogP contribution in [-0.2, 0) is 11.5 Å². The minimum Gasteiger partial charge on any atom is -0.310 e. The highest BCUT2D eigenvalue weighted by Crippen LogP contribution is 2.22. The molecule has 1 aliphatic heterocycles. The Morgan fingerprint density at radius 1 is 1.36 bits per heavy atom. The van der Waals surface area contributed by atoms with Gasteiger partial charge in [0.25, 0.3) is 0 Å². The number of nitrogens with one attached hydrogen (secondary N) is 2. The Kier molecular flexibility index (Phi) is 6.00. The van der Waals surface area contributed by atoms with Crippen molar-refractivity contribution in [2.24, 2.45) is 5.92 Å². The first-order valence-corrected chi connectivity index (χ1v) is 11.0. The summed E-state index contributed by atoms with van der Waals surface area (Å²) in [7, 11) is 0. The Hall–Kier alpha value is -1.88. The maximum absolute atomic E-state index is 12.5. The van der Waals surface area contributed by atoms with Crippen LogP contribution in [0.4, 0.5) is 5.82 Å². The Morgan fingerprint density at radius 2 is 2.18 bits per heavy atom. The molecule has 0 atom stereocenters. The second kappa shape index (κ2) is 8.64. The molecule has 4 rings (SSSR count). The second-order valence-corrected chi connectivity index (χ2v) is 8.87. The fourth-order valence-corrected chi connectivity index (χ4v) is 4.28. The molecule has 0 bridgehead atoms. The molecule has 4 heterocycles. The third kappa shape index (κ3) is 4.57. The average Bonchev–Trinajstić information content (AvgIpc) is 3.35. The van der Waals surface area contributed by atoms with Crippen LogP contribution in [0.5, 0.6) is 0 Å². The van der Waals surface area contributed by atoms with E-state index in [9.17, 15) is 4.79 Å². The number of carbonyl (C=O) groups excluding carboxylic acids is 1. The number of piperidine rings is 1. The molecule has 0 aliphatic carbocycles. The zero-order chi connectivity index (χ0) is 19.5. The van der Waals surface area contributed by atoms with Gasteiger partial charge in [0, 0.05) is 29.7 Å². The highest BCUT2D eigenvalue weighted by molar-refractivity contribution is 9.10. The smallest absolute Gasteiger partial charge is 0.228 e. The molecule has 0 aromatic carbocycles. The van der Waals surface area contributed by atoms with Gasteiger partial charge in [-0.1, -0.05) is 6.07 Å². The Bertz CT molecular complexity index is 990. The summed E-state index contributed by atoms with van der Waals surface area (Å²) >= 11 is 10.4. The number of thiophene rings is 1. The van der Waals surface area contributed by atoms with Crippen LogP contribution in [0.3, 0.4) is 0 Å². The van der Waals surface area contributed by atoms with Gasteiger partial charge in [0.05, 0.1) is 11.5 Å². The minimum atomic E-state index is -0.00175. The molecule has 1 amide bonds. The third-order valence-corrected chi connectivity index (χ3v) is 6.37. The van der Waals surface area contributed by atoms with Gasteiger partial charge in [0.1, 0.15) is 5.82 Å². The Morgan fingerprint density at radius 3 is 2.86 bits per heavy atom. The van der Waals surface area contributed by atoms with Crippen molar-refractivity contribution in [1.29, 1.82) is 0 Å². The number of nitrogens with zero attached hydrogens (tertiary/aromatic N) is 4. The number of hydrogen-bond acceptors (Lipinski definition) is 6. The molecule has 0 unspecified atom stereocenters. The van der Waals surface area contributed by atoms with Crippen LogP contribution in [0, 0.1) is 10.7 Å². The fourth-order valence-electron chi connectivity index (χ4n) is 3.19. The number of H-pyrrole nitrogens is 1. The van der Waals surface area contributed by atoms with Crippen LogP contribution >= 0.6 is 39.5 Å². The highest BCUT2D eigenvalue weighted by Gasteiger charge is 2.25. The topological polar surface area (TPSA) is 78.8 Å². The van der Waals surface area contributed by atoms with Crippen molar-refractivity contribution in [2.75, 3.05) is 18.4 Å². The summed E-state index contributed by atoms with van der Waals surface area (Å²) in [4.78, 5) is 24.5. The van der Waals surface area contributed by atoms with Crippen molar-refractivity contribution >= 4 is 51.2 Å². The molecule has 3 aromatic heterocycles. The second-order valence-electron chi connectivity index (χ2n) is 6.64. The minimum absolute atomic E-state index is 0.00175. The number of rotatable bonds is 5. The maximum atomic E-state index is 12.5. The Labute approximate surface area is 179 Å². The van der Waals surface area contributed by atoms with Crippen LogP contribution in [0.2, 0.25) is 0 Å². The first kappa shape index (κ1) is 19.4. The molecule has 2 N–H and O–H groups in total. The lowest BCUT2D eigenvalue weighted by atomic mass is 9.96. The van der Waals surface area contributed by atoms with Crippen molar-refractivity contribution in [3.05, 3.63) is 45.1 Å². The molecule has 3 aromatic rings. The average molecular weight is 479 g/mol. The summed E-state index contributed by atoms with van der Waals surface area (Å²) in [6, 6.07) is 7.68. The first-order chi connectivity index (χ1) is 13.6. The van der Waals surface area contributed by atoms with E-state index in [0.717, 1.165) is 41.1 Å². The number of hydrogen-bond donors (Lipinski definition) is 2. The predicted octanol–water partition coefficient (Wildman–Crippen LogP) is 4.13. The zero-order valence-electron chi connectivity index (χ0n) is 15.0. The van der Waals surface area contributed by atoms with E-state index in [-0.39, 0.29) is 11.8 Å². The lowest BCUT2D eigenvalue weighted by Crippen LogP contribution is -2.39. The normalized spacial score (nSPS) is 15.6. The monoisotopic (exact) mass is 478 g/mol. The molecule has 0 spiro atoms. The van der Waals surface area contributed by atoms with E-state index in [4.69, 9.17) is 12.2 Å². The van der Waals surface area contributed by atoms with E-state index in [1.807, 2.05) is 28.3 Å². The Balaban J connectivity index is 1.31. The van der Waals surface area contributed by atoms with E-state index in [1.165, 1.54) is 0 Å². The van der Waals surface area contributed by atoms with Crippen LogP contribution < -0.4 is 5.32 Å². The van der Waals surface area contributed by atoms with Gasteiger partial charge in [0.15, 0.2) is 5.82 Å². The lowest BCUT2D eigenvalue weighted by Gasteiger charge is -2.31. The lowest BCUT2D eigenvalue weighted by molar-refractivity contribution is -0.121. The van der Waals surface area contributed by atoms with Crippen molar-refractivity contribution in [2.45, 2.75) is 19.5 Å². The summed E-state index contributed by atoms with van der Waals surface area (Å²) in [5.74, 6) is 1.42. The molecule has 1 saturated heterocycles. The van der Waals surface area contributed by atoms with Gasteiger partial charge in [0.2, 0.25) is 10.7 Å². The molecule has 146 valence electrons. The molecule has 0 radical (unpaired) electrons. The van der Waals surface area contributed by atoms with Gasteiger partial charge in [-0.25, -0.2) is 9.67 Å². The number of aromatic amines is 1. The number of anilines is 1. The van der Waals surface area contributed by atoms with Crippen LogP contribution in [-0.4, -0.2) is 43.6 Å². The summed E-state index contributed by atoms with van der Waals surface area (Å²) in [5, 5.41) is 8.20. The van der Waals surface area contributed by atoms with Crippen LogP contribution in [0.1, 0.15) is 12.8 Å². The quantitative estimate of drug-likeness (QED) is 0.538. The van der Waals surface area contributed by atoms with Gasteiger partial charge in [-0.15, -0.1) is 11.3 Å². The molecule has 1 fully saturated rings. The zero-order valence-corrected chi connectivity index (χ0v) is 18.2. The first-order valence-electron chi connectivity index (χ1n) is 8.94. The van der Waals surface area contributed by atoms with E-state index >= 15 is 0 Å². The van der Waals surface area contributed by atoms with Gasteiger partial charge < -0.3 is 5.32 Å². The summed E-state index contributed by atoms with van der Waals surface area (Å²) in [6.45, 7) is 2.32. The highest BCUT2D eigenvalue weighted by atomic mass is 79.9. The predicted molar refractivity (Wildman–Crippen MR) is 116 cm³/mol. The number of pyridine rings is 1. The van der Waals surface area contributed by atoms with E-state index in [1.54, 1.807) is 23.6 Å². The van der Waals surface area contributed by atoms with Crippen molar-refractivity contribution in [3.63, 3.8) is 0 Å². The standard InChI is InChI=1S/C18H19BrN6OS2/c19-13-3-4-15(20-10-13)21-17(26)12-5-7-24(8-6-12)11-25-18(27)22-16(23-25)14-2-1-9-28-14/h1-4,9-10,12H,5-8,11H2,(H,20,21,26)(H,22,23,27).